The van der Waals surface area contributed by atoms with Crippen LogP contribution in [0.2, 0.25) is 0 Å². The van der Waals surface area contributed by atoms with Crippen molar-refractivity contribution < 1.29 is 12.8 Å². The number of anilines is 2. The van der Waals surface area contributed by atoms with Gasteiger partial charge >= 0.3 is 0 Å². The Hall–Kier alpha value is -1.60. The van der Waals surface area contributed by atoms with Gasteiger partial charge in [-0.05, 0) is 49.2 Å². The Morgan fingerprint density at radius 2 is 1.76 bits per heavy atom. The first kappa shape index (κ1) is 15.8. The molecule has 2 aromatic rings. The average molecular weight is 373 g/mol. The van der Waals surface area contributed by atoms with Crippen molar-refractivity contribution in [3.63, 3.8) is 0 Å². The van der Waals surface area contributed by atoms with Crippen molar-refractivity contribution in [2.45, 2.75) is 18.7 Å². The molecule has 0 saturated heterocycles. The molecular weight excluding hydrogens is 359 g/mol. The molecule has 112 valence electrons. The van der Waals surface area contributed by atoms with Gasteiger partial charge in [0, 0.05) is 10.2 Å². The normalized spacial score (nSPS) is 11.4. The summed E-state index contributed by atoms with van der Waals surface area (Å²) in [6.07, 6.45) is 0. The van der Waals surface area contributed by atoms with E-state index in [1.54, 1.807) is 12.1 Å². The van der Waals surface area contributed by atoms with Gasteiger partial charge in [-0.15, -0.1) is 0 Å². The molecule has 7 heteroatoms. The van der Waals surface area contributed by atoms with E-state index in [4.69, 9.17) is 5.73 Å². The minimum absolute atomic E-state index is 0.131. The molecule has 0 aliphatic carbocycles. The van der Waals surface area contributed by atoms with Gasteiger partial charge in [-0.3, -0.25) is 4.72 Å². The van der Waals surface area contributed by atoms with Crippen LogP contribution in [0, 0.1) is 19.7 Å². The van der Waals surface area contributed by atoms with Crippen molar-refractivity contribution in [2.24, 2.45) is 0 Å². The smallest absolute Gasteiger partial charge is 0.266 e. The Morgan fingerprint density at radius 1 is 1.19 bits per heavy atom. The minimum Gasteiger partial charge on any atom is -0.398 e. The molecule has 0 aliphatic heterocycles. The third-order valence-corrected chi connectivity index (χ3v) is 5.68. The number of hydrogen-bond donors (Lipinski definition) is 2. The number of nitrogens with one attached hydrogen (secondary N) is 1. The van der Waals surface area contributed by atoms with E-state index in [1.807, 2.05) is 13.8 Å². The van der Waals surface area contributed by atoms with Gasteiger partial charge in [-0.2, -0.15) is 0 Å². The second kappa shape index (κ2) is 5.65. The number of benzene rings is 2. The Morgan fingerprint density at radius 3 is 2.29 bits per heavy atom. The third-order valence-electron chi connectivity index (χ3n) is 2.95. The quantitative estimate of drug-likeness (QED) is 0.808. The summed E-state index contributed by atoms with van der Waals surface area (Å²) in [6, 6.07) is 7.08. The number of nitrogen functional groups attached to an aromatic ring is 1. The summed E-state index contributed by atoms with van der Waals surface area (Å²) in [4.78, 5) is -0.539. The van der Waals surface area contributed by atoms with E-state index >= 15 is 0 Å². The number of sulfonamides is 1. The van der Waals surface area contributed by atoms with Crippen LogP contribution in [0.5, 0.6) is 0 Å². The SMILES string of the molecule is Cc1cc(NS(=O)(=O)c2c(N)cccc2F)cc(C)c1Br. The predicted octanol–water partition coefficient (Wildman–Crippen LogP) is 3.59. The Balaban J connectivity index is 2.48. The molecule has 0 bridgehead atoms. The molecule has 0 aliphatic rings. The maximum Gasteiger partial charge on any atom is 0.266 e. The van der Waals surface area contributed by atoms with Gasteiger partial charge in [0.05, 0.1) is 5.69 Å². The Kier molecular flexibility index (Phi) is 4.25. The van der Waals surface area contributed by atoms with E-state index < -0.39 is 20.7 Å². The molecule has 0 radical (unpaired) electrons. The highest BCUT2D eigenvalue weighted by Crippen LogP contribution is 2.28. The van der Waals surface area contributed by atoms with E-state index in [1.165, 1.54) is 12.1 Å². The molecule has 2 rings (SSSR count). The molecule has 0 spiro atoms. The Labute approximate surface area is 131 Å². The maximum absolute atomic E-state index is 13.8. The molecular formula is C14H14BrFN2O2S. The highest BCUT2D eigenvalue weighted by molar-refractivity contribution is 9.10. The van der Waals surface area contributed by atoms with Crippen LogP contribution in [-0.4, -0.2) is 8.42 Å². The lowest BCUT2D eigenvalue weighted by Gasteiger charge is -2.13. The Bertz CT molecular complexity index is 763. The van der Waals surface area contributed by atoms with Gasteiger partial charge in [0.25, 0.3) is 10.0 Å². The number of rotatable bonds is 3. The zero-order valence-electron chi connectivity index (χ0n) is 11.4. The van der Waals surface area contributed by atoms with Gasteiger partial charge in [0.2, 0.25) is 0 Å². The second-order valence-corrected chi connectivity index (χ2v) is 7.10. The fraction of sp³-hybridized carbons (Fsp3) is 0.143. The molecule has 0 fully saturated rings. The third kappa shape index (κ3) is 3.19. The van der Waals surface area contributed by atoms with Crippen LogP contribution < -0.4 is 10.5 Å². The standard InChI is InChI=1S/C14H14BrFN2O2S/c1-8-6-10(7-9(2)13(8)15)18-21(19,20)14-11(16)4-3-5-12(14)17/h3-7,18H,17H2,1-2H3. The minimum atomic E-state index is -4.09. The monoisotopic (exact) mass is 372 g/mol. The maximum atomic E-state index is 13.8. The molecule has 0 unspecified atom stereocenters. The van der Waals surface area contributed by atoms with Crippen LogP contribution in [0.4, 0.5) is 15.8 Å². The highest BCUT2D eigenvalue weighted by atomic mass is 79.9. The summed E-state index contributed by atoms with van der Waals surface area (Å²) in [6.45, 7) is 3.68. The van der Waals surface area contributed by atoms with Crippen LogP contribution in [0.25, 0.3) is 0 Å². The van der Waals surface area contributed by atoms with Crippen LogP contribution in [0.3, 0.4) is 0 Å². The second-order valence-electron chi connectivity index (χ2n) is 4.69. The van der Waals surface area contributed by atoms with Gasteiger partial charge in [-0.25, -0.2) is 12.8 Å². The molecule has 0 amide bonds. The van der Waals surface area contributed by atoms with Gasteiger partial charge in [0.1, 0.15) is 10.7 Å². The number of hydrogen-bond acceptors (Lipinski definition) is 3. The van der Waals surface area contributed by atoms with Crippen molar-refractivity contribution in [3.05, 3.63) is 51.7 Å². The van der Waals surface area contributed by atoms with Crippen LogP contribution in [0.1, 0.15) is 11.1 Å². The lowest BCUT2D eigenvalue weighted by atomic mass is 10.1. The molecule has 3 N–H and O–H groups in total. The van der Waals surface area contributed by atoms with Gasteiger partial charge < -0.3 is 5.73 Å². The lowest BCUT2D eigenvalue weighted by Crippen LogP contribution is -2.16. The first-order valence-corrected chi connectivity index (χ1v) is 8.33. The van der Waals surface area contributed by atoms with Crippen molar-refractivity contribution in [2.75, 3.05) is 10.5 Å². The largest absolute Gasteiger partial charge is 0.398 e. The highest BCUT2D eigenvalue weighted by Gasteiger charge is 2.22. The average Bonchev–Trinajstić information content (AvgIpc) is 2.34. The number of aryl methyl sites for hydroxylation is 2. The zero-order chi connectivity index (χ0) is 15.8. The number of halogens is 2. The first-order chi connectivity index (χ1) is 9.72. The lowest BCUT2D eigenvalue weighted by molar-refractivity contribution is 0.572. The van der Waals surface area contributed by atoms with E-state index in [2.05, 4.69) is 20.7 Å². The fourth-order valence-corrected chi connectivity index (χ4v) is 3.48. The predicted molar refractivity (Wildman–Crippen MR) is 85.2 cm³/mol. The molecule has 0 aromatic heterocycles. The van der Waals surface area contributed by atoms with E-state index in [9.17, 15) is 12.8 Å². The topological polar surface area (TPSA) is 72.2 Å². The van der Waals surface area contributed by atoms with E-state index in [0.717, 1.165) is 21.7 Å². The van der Waals surface area contributed by atoms with Crippen LogP contribution in [-0.2, 0) is 10.0 Å². The van der Waals surface area contributed by atoms with Crippen LogP contribution >= 0.6 is 15.9 Å². The molecule has 0 atom stereocenters. The molecule has 4 nitrogen and oxygen atoms in total. The zero-order valence-corrected chi connectivity index (χ0v) is 13.8. The fourth-order valence-electron chi connectivity index (χ4n) is 2.02. The summed E-state index contributed by atoms with van der Waals surface area (Å²) < 4.78 is 41.6. The summed E-state index contributed by atoms with van der Waals surface area (Å²) in [5.74, 6) is -0.881. The summed E-state index contributed by atoms with van der Waals surface area (Å²) in [5.41, 5.74) is 7.54. The van der Waals surface area contributed by atoms with Gasteiger partial charge in [-0.1, -0.05) is 22.0 Å². The van der Waals surface area contributed by atoms with E-state index in [-0.39, 0.29) is 5.69 Å². The molecule has 2 aromatic carbocycles. The number of nitrogens with two attached hydrogens (primary N) is 1. The summed E-state index contributed by atoms with van der Waals surface area (Å²) >= 11 is 3.40. The van der Waals surface area contributed by atoms with Gasteiger partial charge in [0.15, 0.2) is 0 Å². The van der Waals surface area contributed by atoms with Crippen molar-refractivity contribution in [1.29, 1.82) is 0 Å². The van der Waals surface area contributed by atoms with Crippen LogP contribution in [0.15, 0.2) is 39.7 Å². The van der Waals surface area contributed by atoms with E-state index in [0.29, 0.717) is 5.69 Å². The molecule has 0 heterocycles. The first-order valence-electron chi connectivity index (χ1n) is 6.06. The molecule has 21 heavy (non-hydrogen) atoms. The van der Waals surface area contributed by atoms with Crippen molar-refractivity contribution in [3.8, 4) is 0 Å². The summed E-state index contributed by atoms with van der Waals surface area (Å²) in [5, 5.41) is 0. The van der Waals surface area contributed by atoms with Crippen molar-refractivity contribution >= 4 is 37.3 Å². The summed E-state index contributed by atoms with van der Waals surface area (Å²) in [7, 11) is -4.09. The molecule has 0 saturated carbocycles. The van der Waals surface area contributed by atoms with Crippen molar-refractivity contribution in [1.82, 2.24) is 0 Å².